The Labute approximate surface area is 228 Å². The highest BCUT2D eigenvalue weighted by molar-refractivity contribution is 9.10. The van der Waals surface area contributed by atoms with E-state index in [1.165, 1.54) is 55.6 Å². The Morgan fingerprint density at radius 3 is 2.19 bits per heavy atom. The van der Waals surface area contributed by atoms with Gasteiger partial charge in [0.1, 0.15) is 0 Å². The fourth-order valence-electron chi connectivity index (χ4n) is 7.14. The van der Waals surface area contributed by atoms with Crippen LogP contribution in [0.3, 0.4) is 0 Å². The van der Waals surface area contributed by atoms with E-state index in [1.807, 2.05) is 0 Å². The van der Waals surface area contributed by atoms with Crippen molar-refractivity contribution in [2.24, 2.45) is 0 Å². The predicted molar refractivity (Wildman–Crippen MR) is 160 cm³/mol. The first-order valence-corrected chi connectivity index (χ1v) is 14.1. The molecular formula is C36H31Br. The summed E-state index contributed by atoms with van der Waals surface area (Å²) in [6.45, 7) is 9.48. The summed E-state index contributed by atoms with van der Waals surface area (Å²) in [6, 6.07) is 31.8. The maximum Gasteiger partial charge on any atom is 0.0187 e. The third-order valence-electron chi connectivity index (χ3n) is 9.14. The summed E-state index contributed by atoms with van der Waals surface area (Å²) in [5, 5.41) is 0. The van der Waals surface area contributed by atoms with E-state index in [4.69, 9.17) is 0 Å². The van der Waals surface area contributed by atoms with E-state index >= 15 is 0 Å². The van der Waals surface area contributed by atoms with Gasteiger partial charge in [-0.25, -0.2) is 0 Å². The molecule has 0 nitrogen and oxygen atoms in total. The van der Waals surface area contributed by atoms with Crippen LogP contribution in [0.5, 0.6) is 0 Å². The number of benzene rings is 4. The fourth-order valence-corrected chi connectivity index (χ4v) is 7.64. The summed E-state index contributed by atoms with van der Waals surface area (Å²) in [6.07, 6.45) is 5.98. The third kappa shape index (κ3) is 3.33. The standard InChI is InChI=1S/C36H31Br/c1-35(2)31-11-7-5-9-27(31)29-15-13-22(20-33(29)35)24-17-25(19-26(37)18-24)23-14-16-30-28-10-6-8-12-32(28)36(3,4)34(30)21-23/h5-15,17-21,30H,16H2,1-4H3. The van der Waals surface area contributed by atoms with Crippen LogP contribution in [-0.4, -0.2) is 0 Å². The van der Waals surface area contributed by atoms with Crippen molar-refractivity contribution in [3.8, 4) is 22.3 Å². The molecule has 0 bridgehead atoms. The number of rotatable bonds is 2. The topological polar surface area (TPSA) is 0 Å². The van der Waals surface area contributed by atoms with Crippen LogP contribution in [0.15, 0.2) is 107 Å². The zero-order valence-electron chi connectivity index (χ0n) is 21.9. The molecule has 1 unspecified atom stereocenters. The van der Waals surface area contributed by atoms with Crippen molar-refractivity contribution in [2.75, 3.05) is 0 Å². The lowest BCUT2D eigenvalue weighted by atomic mass is 9.76. The lowest BCUT2D eigenvalue weighted by Crippen LogP contribution is -2.17. The first-order valence-electron chi connectivity index (χ1n) is 13.3. The van der Waals surface area contributed by atoms with Crippen LogP contribution in [0.25, 0.3) is 27.8 Å². The Morgan fingerprint density at radius 1 is 0.649 bits per heavy atom. The van der Waals surface area contributed by atoms with Crippen LogP contribution in [0.4, 0.5) is 0 Å². The zero-order chi connectivity index (χ0) is 25.5. The Kier molecular flexibility index (Phi) is 4.92. The molecule has 0 N–H and O–H groups in total. The maximum absolute atomic E-state index is 3.84. The highest BCUT2D eigenvalue weighted by Crippen LogP contribution is 2.54. The SMILES string of the molecule is CC1(C)C2=CC(c3cc(Br)cc(-c4ccc5c(c4)C(C)(C)c4ccccc4-5)c3)=CCC2c2ccccc21. The Hall–Kier alpha value is -3.16. The van der Waals surface area contributed by atoms with Crippen molar-refractivity contribution < 1.29 is 0 Å². The molecule has 182 valence electrons. The van der Waals surface area contributed by atoms with Crippen LogP contribution in [0.2, 0.25) is 0 Å². The largest absolute Gasteiger partial charge is 0.0757 e. The summed E-state index contributed by atoms with van der Waals surface area (Å²) in [5.74, 6) is 0.502. The first kappa shape index (κ1) is 23.0. The second-order valence-corrected chi connectivity index (χ2v) is 12.8. The van der Waals surface area contributed by atoms with E-state index in [0.717, 1.165) is 10.9 Å². The molecule has 0 amide bonds. The van der Waals surface area contributed by atoms with Crippen LogP contribution < -0.4 is 0 Å². The molecular weight excluding hydrogens is 512 g/mol. The first-order chi connectivity index (χ1) is 17.7. The summed E-state index contributed by atoms with van der Waals surface area (Å²) < 4.78 is 1.12. The molecule has 1 heteroatoms. The van der Waals surface area contributed by atoms with Crippen molar-refractivity contribution >= 4 is 21.5 Å². The van der Waals surface area contributed by atoms with Crippen LogP contribution in [-0.2, 0) is 10.8 Å². The molecule has 0 spiro atoms. The minimum Gasteiger partial charge on any atom is -0.0757 e. The van der Waals surface area contributed by atoms with Crippen LogP contribution in [0, 0.1) is 0 Å². The van der Waals surface area contributed by atoms with Gasteiger partial charge in [0.2, 0.25) is 0 Å². The van der Waals surface area contributed by atoms with Gasteiger partial charge < -0.3 is 0 Å². The molecule has 37 heavy (non-hydrogen) atoms. The highest BCUT2D eigenvalue weighted by atomic mass is 79.9. The minimum atomic E-state index is 0.00513. The van der Waals surface area contributed by atoms with Crippen LogP contribution >= 0.6 is 15.9 Å². The average Bonchev–Trinajstić information content (AvgIpc) is 3.28. The molecule has 0 fully saturated rings. The monoisotopic (exact) mass is 542 g/mol. The van der Waals surface area contributed by atoms with Gasteiger partial charge in [-0.15, -0.1) is 0 Å². The number of fused-ring (bicyclic) bond motifs is 6. The molecule has 4 aromatic carbocycles. The lowest BCUT2D eigenvalue weighted by Gasteiger charge is -2.27. The molecule has 0 saturated heterocycles. The van der Waals surface area contributed by atoms with Gasteiger partial charge in [-0.1, -0.05) is 122 Å². The molecule has 3 aliphatic carbocycles. The molecule has 0 aliphatic heterocycles. The second kappa shape index (κ2) is 7.92. The van der Waals surface area contributed by atoms with E-state index in [0.29, 0.717) is 5.92 Å². The molecule has 0 saturated carbocycles. The minimum absolute atomic E-state index is 0.00513. The molecule has 4 aromatic rings. The van der Waals surface area contributed by atoms with Gasteiger partial charge >= 0.3 is 0 Å². The lowest BCUT2D eigenvalue weighted by molar-refractivity contribution is 0.613. The van der Waals surface area contributed by atoms with Crippen molar-refractivity contribution in [1.82, 2.24) is 0 Å². The summed E-state index contributed by atoms with van der Waals surface area (Å²) in [5.41, 5.74) is 15.3. The second-order valence-electron chi connectivity index (χ2n) is 11.9. The van der Waals surface area contributed by atoms with Crippen LogP contribution in [0.1, 0.15) is 67.9 Å². The van der Waals surface area contributed by atoms with Crippen molar-refractivity contribution in [3.63, 3.8) is 0 Å². The smallest absolute Gasteiger partial charge is 0.0187 e. The number of allylic oxidation sites excluding steroid dienone is 4. The molecule has 0 radical (unpaired) electrons. The van der Waals surface area contributed by atoms with Crippen molar-refractivity contribution in [2.45, 2.75) is 50.9 Å². The maximum atomic E-state index is 3.84. The molecule has 0 aromatic heterocycles. The van der Waals surface area contributed by atoms with E-state index in [-0.39, 0.29) is 10.8 Å². The van der Waals surface area contributed by atoms with Crippen molar-refractivity contribution in [3.05, 3.63) is 135 Å². The van der Waals surface area contributed by atoms with Crippen molar-refractivity contribution in [1.29, 1.82) is 0 Å². The van der Waals surface area contributed by atoms with Gasteiger partial charge in [0.25, 0.3) is 0 Å². The quantitative estimate of drug-likeness (QED) is 0.236. The fraction of sp³-hybridized carbons (Fsp3) is 0.222. The average molecular weight is 544 g/mol. The normalized spacial score (nSPS) is 19.9. The Bertz CT molecular complexity index is 1660. The summed E-state index contributed by atoms with van der Waals surface area (Å²) in [7, 11) is 0. The zero-order valence-corrected chi connectivity index (χ0v) is 23.5. The van der Waals surface area contributed by atoms with E-state index in [1.54, 1.807) is 5.57 Å². The number of halogens is 1. The summed E-state index contributed by atoms with van der Waals surface area (Å²) >= 11 is 3.84. The predicted octanol–water partition coefficient (Wildman–Crippen LogP) is 10.2. The van der Waals surface area contributed by atoms with Gasteiger partial charge in [0, 0.05) is 21.2 Å². The van der Waals surface area contributed by atoms with Gasteiger partial charge in [-0.3, -0.25) is 0 Å². The molecule has 1 atom stereocenters. The highest BCUT2D eigenvalue weighted by Gasteiger charge is 2.42. The Balaban J connectivity index is 1.29. The Morgan fingerprint density at radius 2 is 1.35 bits per heavy atom. The molecule has 0 heterocycles. The van der Waals surface area contributed by atoms with E-state index < -0.39 is 0 Å². The molecule has 3 aliphatic rings. The number of hydrogen-bond donors (Lipinski definition) is 0. The third-order valence-corrected chi connectivity index (χ3v) is 9.60. The van der Waals surface area contributed by atoms with Gasteiger partial charge in [0.15, 0.2) is 0 Å². The van der Waals surface area contributed by atoms with Gasteiger partial charge in [-0.05, 0) is 86.3 Å². The summed E-state index contributed by atoms with van der Waals surface area (Å²) in [4.78, 5) is 0. The molecule has 7 rings (SSSR count). The van der Waals surface area contributed by atoms with E-state index in [2.05, 4.69) is 141 Å². The van der Waals surface area contributed by atoms with E-state index in [9.17, 15) is 0 Å². The van der Waals surface area contributed by atoms with Gasteiger partial charge in [-0.2, -0.15) is 0 Å². The van der Waals surface area contributed by atoms with Gasteiger partial charge in [0.05, 0.1) is 0 Å². The number of hydrogen-bond acceptors (Lipinski definition) is 0.